The molecular weight excluding hydrogens is 1170 g/mol. The van der Waals surface area contributed by atoms with Crippen molar-refractivity contribution in [3.8, 4) is 0 Å². The van der Waals surface area contributed by atoms with E-state index in [4.69, 9.17) is 28.4 Å². The van der Waals surface area contributed by atoms with E-state index >= 15 is 0 Å². The minimum atomic E-state index is -1.98. The maximum atomic E-state index is 13.3. The van der Waals surface area contributed by atoms with Crippen LogP contribution in [0.2, 0.25) is 0 Å². The van der Waals surface area contributed by atoms with Crippen LogP contribution in [-0.4, -0.2) is 193 Å². The van der Waals surface area contributed by atoms with Crippen LogP contribution in [0.25, 0.3) is 0 Å². The first kappa shape index (κ1) is 83.2. The third kappa shape index (κ3) is 35.7. The van der Waals surface area contributed by atoms with Crippen molar-refractivity contribution in [1.82, 2.24) is 5.32 Å². The first-order chi connectivity index (χ1) is 44.3. The molecule has 91 heavy (non-hydrogen) atoms. The van der Waals surface area contributed by atoms with Crippen LogP contribution in [0.1, 0.15) is 284 Å². The SMILES string of the molecule is CCCCCCC/C=C\C/C=C\CCCCCCCCCCCCCCCCCCCCCCCCCCCCCC(=O)NC(COC1OC(CO)C(OC2OC(CO)C(OC3OC(CO)C(O)C(O)C3O)C(O)C2O)C(O)C1O)C(O)/C=C/CCCCCCC. The van der Waals surface area contributed by atoms with E-state index in [1.54, 1.807) is 6.08 Å². The molecule has 0 bridgehead atoms. The average Bonchev–Trinajstić information content (AvgIpc) is 1.40. The van der Waals surface area contributed by atoms with Crippen LogP contribution in [0, 0.1) is 0 Å². The fourth-order valence-electron chi connectivity index (χ4n) is 12.5. The Hall–Kier alpha value is -1.99. The number of aliphatic hydroxyl groups excluding tert-OH is 11. The summed E-state index contributed by atoms with van der Waals surface area (Å²) in [6.45, 7) is 1.66. The van der Waals surface area contributed by atoms with E-state index in [9.17, 15) is 61.0 Å². The van der Waals surface area contributed by atoms with Gasteiger partial charge in [-0.1, -0.05) is 262 Å². The third-order valence-corrected chi connectivity index (χ3v) is 18.4. The van der Waals surface area contributed by atoms with E-state index in [1.807, 2.05) is 6.08 Å². The molecule has 0 radical (unpaired) electrons. The van der Waals surface area contributed by atoms with Crippen LogP contribution in [0.3, 0.4) is 0 Å². The van der Waals surface area contributed by atoms with Crippen molar-refractivity contribution in [2.45, 2.75) is 388 Å². The molecule has 1 amide bonds. The molecule has 534 valence electrons. The van der Waals surface area contributed by atoms with Crippen molar-refractivity contribution in [3.05, 3.63) is 36.5 Å². The summed E-state index contributed by atoms with van der Waals surface area (Å²) in [5, 5.41) is 120. The number of carbonyl (C=O) groups excluding carboxylic acids is 1. The lowest BCUT2D eigenvalue weighted by atomic mass is 9.96. The van der Waals surface area contributed by atoms with Crippen LogP contribution in [-0.2, 0) is 33.2 Å². The average molecular weight is 1300 g/mol. The first-order valence-corrected chi connectivity index (χ1v) is 36.7. The summed E-state index contributed by atoms with van der Waals surface area (Å²) in [4.78, 5) is 13.3. The molecule has 19 nitrogen and oxygen atoms in total. The van der Waals surface area contributed by atoms with Gasteiger partial charge in [-0.25, -0.2) is 0 Å². The highest BCUT2D eigenvalue weighted by atomic mass is 16.8. The number of hydrogen-bond donors (Lipinski definition) is 12. The fourth-order valence-corrected chi connectivity index (χ4v) is 12.5. The van der Waals surface area contributed by atoms with Crippen molar-refractivity contribution >= 4 is 5.91 Å². The Kier molecular flexibility index (Phi) is 49.5. The molecule has 0 aromatic heterocycles. The van der Waals surface area contributed by atoms with Gasteiger partial charge in [-0.2, -0.15) is 0 Å². The van der Waals surface area contributed by atoms with Crippen molar-refractivity contribution in [2.75, 3.05) is 26.4 Å². The Bertz CT molecular complexity index is 1790. The molecule has 3 saturated heterocycles. The summed E-state index contributed by atoms with van der Waals surface area (Å²) >= 11 is 0. The van der Waals surface area contributed by atoms with Crippen LogP contribution < -0.4 is 5.32 Å². The van der Waals surface area contributed by atoms with Gasteiger partial charge in [-0.3, -0.25) is 4.79 Å². The highest BCUT2D eigenvalue weighted by Gasteiger charge is 2.53. The quantitative estimate of drug-likeness (QED) is 0.0199. The number of aliphatic hydroxyl groups is 11. The molecule has 12 N–H and O–H groups in total. The van der Waals surface area contributed by atoms with Gasteiger partial charge in [-0.15, -0.1) is 0 Å². The Morgan fingerprint density at radius 1 is 0.396 bits per heavy atom. The number of hydrogen-bond acceptors (Lipinski definition) is 18. The standard InChI is InChI=1S/C72H133NO18/c1-3-5-7-9-11-12-13-14-15-16-17-18-19-20-21-22-23-24-25-26-27-28-29-30-31-32-33-34-35-36-37-38-39-40-41-42-44-46-48-50-60(78)73-55(56(77)49-47-45-43-10-8-6-4-2)54-86-70-66(84)63(81)68(58(52-75)88-70)91-72-67(85)64(82)69(59(53-76)89-72)90-71-65(83)62(80)61(79)57(51-74)87-71/h13-14,16-17,47,49,55-59,61-72,74-77,79-85H,3-12,15,18-46,48,50-54H2,1-2H3,(H,73,78)/b14-13-,17-16-,49-47+. The van der Waals surface area contributed by atoms with Crippen molar-refractivity contribution < 1.29 is 89.4 Å². The molecule has 3 rings (SSSR count). The van der Waals surface area contributed by atoms with Crippen molar-refractivity contribution in [3.63, 3.8) is 0 Å². The maximum absolute atomic E-state index is 13.3. The lowest BCUT2D eigenvalue weighted by molar-refractivity contribution is -0.379. The molecule has 3 fully saturated rings. The lowest BCUT2D eigenvalue weighted by Gasteiger charge is -2.48. The van der Waals surface area contributed by atoms with Gasteiger partial charge in [-0.05, 0) is 51.4 Å². The molecule has 0 spiro atoms. The summed E-state index contributed by atoms with van der Waals surface area (Å²) in [6.07, 6.45) is 38.0. The summed E-state index contributed by atoms with van der Waals surface area (Å²) < 4.78 is 34.2. The van der Waals surface area contributed by atoms with E-state index in [2.05, 4.69) is 43.5 Å². The van der Waals surface area contributed by atoms with E-state index < -0.39 is 124 Å². The number of rotatable bonds is 57. The third-order valence-electron chi connectivity index (χ3n) is 18.4. The van der Waals surface area contributed by atoms with E-state index in [0.717, 1.165) is 64.2 Å². The minimum absolute atomic E-state index is 0.247. The smallest absolute Gasteiger partial charge is 0.220 e. The molecule has 3 heterocycles. The minimum Gasteiger partial charge on any atom is -0.394 e. The van der Waals surface area contributed by atoms with Gasteiger partial charge in [0.2, 0.25) is 5.91 Å². The first-order valence-electron chi connectivity index (χ1n) is 36.7. The van der Waals surface area contributed by atoms with Crippen LogP contribution in [0.4, 0.5) is 0 Å². The predicted molar refractivity (Wildman–Crippen MR) is 356 cm³/mol. The number of carbonyl (C=O) groups is 1. The number of amides is 1. The molecule has 0 aromatic carbocycles. The van der Waals surface area contributed by atoms with Crippen molar-refractivity contribution in [1.29, 1.82) is 0 Å². The molecule has 19 heteroatoms. The highest BCUT2D eigenvalue weighted by molar-refractivity contribution is 5.76. The molecule has 17 atom stereocenters. The van der Waals surface area contributed by atoms with E-state index in [1.165, 1.54) is 193 Å². The second kappa shape index (κ2) is 54.1. The van der Waals surface area contributed by atoms with Gasteiger partial charge in [0.05, 0.1) is 38.6 Å². The second-order valence-electron chi connectivity index (χ2n) is 26.4. The number of allylic oxidation sites excluding steroid dienone is 5. The second-order valence-corrected chi connectivity index (χ2v) is 26.4. The molecule has 0 aromatic rings. The van der Waals surface area contributed by atoms with Crippen LogP contribution in [0.5, 0.6) is 0 Å². The zero-order valence-corrected chi connectivity index (χ0v) is 56.6. The maximum Gasteiger partial charge on any atom is 0.220 e. The zero-order valence-electron chi connectivity index (χ0n) is 56.6. The lowest BCUT2D eigenvalue weighted by Crippen LogP contribution is -2.66. The van der Waals surface area contributed by atoms with Gasteiger partial charge in [0.25, 0.3) is 0 Å². The summed E-state index contributed by atoms with van der Waals surface area (Å²) in [7, 11) is 0. The van der Waals surface area contributed by atoms with Gasteiger partial charge >= 0.3 is 0 Å². The largest absolute Gasteiger partial charge is 0.394 e. The molecule has 0 saturated carbocycles. The van der Waals surface area contributed by atoms with E-state index in [0.29, 0.717) is 6.42 Å². The Morgan fingerprint density at radius 3 is 1.12 bits per heavy atom. The summed E-state index contributed by atoms with van der Waals surface area (Å²) in [5.41, 5.74) is 0. The topological polar surface area (TPSA) is 307 Å². The van der Waals surface area contributed by atoms with Crippen LogP contribution in [0.15, 0.2) is 36.5 Å². The molecule has 0 aliphatic carbocycles. The van der Waals surface area contributed by atoms with Gasteiger partial charge in [0.15, 0.2) is 18.9 Å². The van der Waals surface area contributed by atoms with Gasteiger partial charge in [0.1, 0.15) is 73.2 Å². The number of unbranched alkanes of at least 4 members (excludes halogenated alkanes) is 37. The Morgan fingerprint density at radius 2 is 0.725 bits per heavy atom. The zero-order chi connectivity index (χ0) is 66.1. The van der Waals surface area contributed by atoms with Crippen molar-refractivity contribution in [2.24, 2.45) is 0 Å². The number of nitrogens with one attached hydrogen (secondary N) is 1. The van der Waals surface area contributed by atoms with E-state index in [-0.39, 0.29) is 18.9 Å². The highest BCUT2D eigenvalue weighted by Crippen LogP contribution is 2.33. The fraction of sp³-hybridized carbons (Fsp3) is 0.903. The van der Waals surface area contributed by atoms with Gasteiger partial charge in [0, 0.05) is 6.42 Å². The predicted octanol–water partition coefficient (Wildman–Crippen LogP) is 10.4. The Balaban J connectivity index is 1.23. The summed E-state index contributed by atoms with van der Waals surface area (Å²) in [5.74, 6) is -0.276. The molecule has 17 unspecified atom stereocenters. The van der Waals surface area contributed by atoms with Gasteiger partial charge < -0.3 is 89.9 Å². The normalized spacial score (nSPS) is 28.0. The monoisotopic (exact) mass is 1300 g/mol. The number of ether oxygens (including phenoxy) is 6. The summed E-state index contributed by atoms with van der Waals surface area (Å²) in [6, 6.07) is -0.968. The van der Waals surface area contributed by atoms with Crippen LogP contribution >= 0.6 is 0 Å². The molecule has 3 aliphatic heterocycles. The molecular formula is C72H133NO18. The molecule has 3 aliphatic rings. The Labute approximate surface area is 549 Å².